The Labute approximate surface area is 613 Å². The van der Waals surface area contributed by atoms with Crippen LogP contribution in [-0.2, 0) is 0 Å². The third-order valence-electron chi connectivity index (χ3n) is 18.3. The fourth-order valence-electron chi connectivity index (χ4n) is 13.0. The van der Waals surface area contributed by atoms with Crippen molar-refractivity contribution in [2.24, 2.45) is 0 Å². The first-order valence-electron chi connectivity index (χ1n) is 34.6. The highest BCUT2D eigenvalue weighted by Crippen LogP contribution is 2.37. The Kier molecular flexibility index (Phi) is 20.6. The van der Waals surface area contributed by atoms with E-state index in [0.29, 0.717) is 10.9 Å². The second-order valence-electron chi connectivity index (χ2n) is 24.9. The van der Waals surface area contributed by atoms with Gasteiger partial charge in [-0.1, -0.05) is 297 Å². The van der Waals surface area contributed by atoms with E-state index < -0.39 is 34.6 Å². The largest absolute Gasteiger partial charge is 0.256 e. The summed E-state index contributed by atoms with van der Waals surface area (Å²) in [6.07, 6.45) is 12.3. The van der Waals surface area contributed by atoms with Crippen LogP contribution in [0.2, 0.25) is 0 Å². The molecule has 0 aliphatic rings. The second-order valence-corrected chi connectivity index (χ2v) is 24.9. The maximum atomic E-state index is 14.0. The molecule has 6 heterocycles. The van der Waals surface area contributed by atoms with E-state index >= 15 is 0 Å². The Morgan fingerprint density at radius 2 is 0.505 bits per heavy atom. The van der Waals surface area contributed by atoms with Crippen LogP contribution in [0.5, 0.6) is 0 Å². The summed E-state index contributed by atoms with van der Waals surface area (Å²) in [6.45, 7) is 0. The van der Waals surface area contributed by atoms with Gasteiger partial charge in [-0.25, -0.2) is 31.9 Å². The van der Waals surface area contributed by atoms with Gasteiger partial charge in [0.05, 0.1) is 33.3 Å². The van der Waals surface area contributed by atoms with Gasteiger partial charge < -0.3 is 0 Å². The van der Waals surface area contributed by atoms with Gasteiger partial charge in [0, 0.05) is 114 Å². The average Bonchev–Trinajstić information content (AvgIpc) is 0.762. The van der Waals surface area contributed by atoms with E-state index in [1.807, 2.05) is 165 Å². The van der Waals surface area contributed by atoms with Gasteiger partial charge in [0.2, 0.25) is 5.82 Å². The topological polar surface area (TPSA) is 90.2 Å². The predicted molar refractivity (Wildman–Crippen MR) is 428 cm³/mol. The minimum absolute atomic E-state index is 0.185. The zero-order chi connectivity index (χ0) is 72.8. The van der Waals surface area contributed by atoms with Gasteiger partial charge in [0.15, 0.2) is 29.1 Å². The summed E-state index contributed by atoms with van der Waals surface area (Å²) in [6, 6.07) is 112. The Morgan fingerprint density at radius 3 is 1.01 bits per heavy atom. The van der Waals surface area contributed by atoms with Crippen molar-refractivity contribution < 1.29 is 22.0 Å². The Hall–Kier alpha value is -14.1. The molecule has 12 heteroatoms. The minimum atomic E-state index is -2.18. The summed E-state index contributed by atoms with van der Waals surface area (Å²) in [5.74, 6) is -9.13. The fourth-order valence-corrected chi connectivity index (χ4v) is 13.0. The zero-order valence-electron chi connectivity index (χ0n) is 57.3. The lowest BCUT2D eigenvalue weighted by atomic mass is 9.97. The van der Waals surface area contributed by atoms with Crippen LogP contribution in [0.25, 0.3) is 153 Å². The van der Waals surface area contributed by atoms with Crippen molar-refractivity contribution in [2.45, 2.75) is 0 Å². The molecule has 0 N–H and O–H groups in total. The highest BCUT2D eigenvalue weighted by atomic mass is 19.2. The van der Waals surface area contributed by atoms with Crippen molar-refractivity contribution in [2.75, 3.05) is 0 Å². The van der Waals surface area contributed by atoms with Crippen LogP contribution in [0.1, 0.15) is 0 Å². The number of hydrogen-bond donors (Lipinski definition) is 0. The number of fused-ring (bicyclic) bond motifs is 15. The molecule has 0 radical (unpaired) electrons. The molecule has 7 nitrogen and oxygen atoms in total. The molecular weight excluding hydrogens is 1330 g/mol. The molecule has 0 aliphatic carbocycles. The van der Waals surface area contributed by atoms with Gasteiger partial charge in [0.25, 0.3) is 0 Å². The van der Waals surface area contributed by atoms with Crippen molar-refractivity contribution >= 4 is 97.5 Å². The highest BCUT2D eigenvalue weighted by Gasteiger charge is 2.27. The maximum absolute atomic E-state index is 14.0. The SMILES string of the molecule is Fc1c(F)c(F)c(-c2cnc3c(ccc4ccccc43)c2)c(F)c1F.c1ccc(-c2ccccn2)cc1.c1ccc(-c2cnc(-c3ccccc3)nc2)cc1.c1ccc(-c2cnc3c(ccc4ccccc43)c2)cc1.c1ccc2c(c1)c1ccccc1c1ncccc21.c1ccc2c(c1)ccc1cccnc12. The van der Waals surface area contributed by atoms with E-state index in [2.05, 4.69) is 223 Å². The van der Waals surface area contributed by atoms with Gasteiger partial charge in [-0.15, -0.1) is 0 Å². The first-order valence-corrected chi connectivity index (χ1v) is 34.6. The van der Waals surface area contributed by atoms with Crippen LogP contribution in [0.3, 0.4) is 0 Å². The molecule has 107 heavy (non-hydrogen) atoms. The van der Waals surface area contributed by atoms with Gasteiger partial charge >= 0.3 is 0 Å². The van der Waals surface area contributed by atoms with Gasteiger partial charge in [-0.05, 0) is 79.8 Å². The molecule has 0 saturated carbocycles. The maximum Gasteiger partial charge on any atom is 0.200 e. The van der Waals surface area contributed by atoms with Crippen molar-refractivity contribution in [3.05, 3.63) is 406 Å². The normalized spacial score (nSPS) is 10.9. The van der Waals surface area contributed by atoms with E-state index in [4.69, 9.17) is 0 Å². The van der Waals surface area contributed by atoms with E-state index in [1.165, 1.54) is 70.9 Å². The number of benzene rings is 14. The van der Waals surface area contributed by atoms with Crippen LogP contribution in [0.15, 0.2) is 377 Å². The smallest absolute Gasteiger partial charge is 0.200 e. The Balaban J connectivity index is 0.000000104. The first-order chi connectivity index (χ1) is 52.7. The summed E-state index contributed by atoms with van der Waals surface area (Å²) < 4.78 is 68.0. The third-order valence-corrected chi connectivity index (χ3v) is 18.3. The Bertz CT molecular complexity index is 6100. The summed E-state index contributed by atoms with van der Waals surface area (Å²) in [5, 5.41) is 15.9. The third kappa shape index (κ3) is 15.1. The first kappa shape index (κ1) is 68.7. The molecule has 0 unspecified atom stereocenters. The van der Waals surface area contributed by atoms with Crippen LogP contribution in [0, 0.1) is 29.1 Å². The van der Waals surface area contributed by atoms with E-state index in [-0.39, 0.29) is 5.56 Å². The van der Waals surface area contributed by atoms with Gasteiger partial charge in [0.1, 0.15) is 0 Å². The number of aromatic nitrogens is 7. The summed E-state index contributed by atoms with van der Waals surface area (Å²) >= 11 is 0. The van der Waals surface area contributed by atoms with Gasteiger partial charge in [-0.2, -0.15) is 0 Å². The Morgan fingerprint density at radius 1 is 0.178 bits per heavy atom. The summed E-state index contributed by atoms with van der Waals surface area (Å²) in [5.41, 5.74) is 10.4. The summed E-state index contributed by atoms with van der Waals surface area (Å²) in [7, 11) is 0. The lowest BCUT2D eigenvalue weighted by Crippen LogP contribution is -2.04. The van der Waals surface area contributed by atoms with Crippen molar-refractivity contribution in [3.8, 4) is 56.0 Å². The molecule has 20 aromatic rings. The fraction of sp³-hybridized carbons (Fsp3) is 0. The molecule has 6 aromatic heterocycles. The molecule has 0 fully saturated rings. The van der Waals surface area contributed by atoms with E-state index in [0.717, 1.165) is 72.9 Å². The number of pyridine rings is 5. The minimum Gasteiger partial charge on any atom is -0.256 e. The van der Waals surface area contributed by atoms with Crippen LogP contribution >= 0.6 is 0 Å². The van der Waals surface area contributed by atoms with E-state index in [1.54, 1.807) is 12.1 Å². The van der Waals surface area contributed by atoms with Crippen molar-refractivity contribution in [3.63, 3.8) is 0 Å². The van der Waals surface area contributed by atoms with Crippen LogP contribution < -0.4 is 0 Å². The molecule has 20 rings (SSSR count). The van der Waals surface area contributed by atoms with Crippen LogP contribution in [0.4, 0.5) is 22.0 Å². The van der Waals surface area contributed by atoms with Crippen LogP contribution in [-0.4, -0.2) is 34.9 Å². The standard InChI is InChI=1S/C19H8F5N.C19H13N.C17H11N.C16H12N2.C13H9N.C11H9N/c20-14-13(15(21)17(23)18(24)16(14)22)11-7-10-6-5-9-3-1-2-4-12(9)19(10)25-8-11;1-2-6-14(7-3-1)17-12-16-11-10-15-8-4-5-9-18(15)19(16)20-13-17;1-2-7-14-12(6-1)13-8-3-4-9-15(13)17-16(14)10-5-11-18-17;1-3-7-13(8-4-1)15-11-17-16(18-12-15)14-9-5-2-6-10-14;1-2-6-12-10(4-1)7-8-11-5-3-9-14-13(11)12;1-2-6-10(7-3-1)11-8-4-5-9-12-11/h1-8H;1-13H;1-11H;1-12H;1-9H;1-9H. The highest BCUT2D eigenvalue weighted by molar-refractivity contribution is 6.24. The average molecular weight is 1400 g/mol. The molecule has 512 valence electrons. The summed E-state index contributed by atoms with van der Waals surface area (Å²) in [4.78, 5) is 30.9. The predicted octanol–water partition coefficient (Wildman–Crippen LogP) is 25.3. The number of hydrogen-bond acceptors (Lipinski definition) is 7. The number of rotatable bonds is 5. The molecular formula is C95H62F5N7. The molecule has 0 aliphatic heterocycles. The molecule has 0 saturated heterocycles. The van der Waals surface area contributed by atoms with E-state index in [9.17, 15) is 22.0 Å². The number of nitrogens with zero attached hydrogens (tertiary/aromatic N) is 7. The molecule has 14 aromatic carbocycles. The molecule has 0 amide bonds. The second kappa shape index (κ2) is 32.1. The quantitative estimate of drug-likeness (QED) is 0.0734. The molecule has 0 atom stereocenters. The molecule has 0 spiro atoms. The van der Waals surface area contributed by atoms with Crippen molar-refractivity contribution in [1.29, 1.82) is 0 Å². The van der Waals surface area contributed by atoms with Gasteiger partial charge in [-0.3, -0.25) is 24.9 Å². The molecule has 0 bridgehead atoms. The zero-order valence-corrected chi connectivity index (χ0v) is 57.3. The van der Waals surface area contributed by atoms with Crippen molar-refractivity contribution in [1.82, 2.24) is 34.9 Å². The lowest BCUT2D eigenvalue weighted by Gasteiger charge is -2.10. The monoisotopic (exact) mass is 1400 g/mol. The lowest BCUT2D eigenvalue weighted by molar-refractivity contribution is 0.381. The number of halogens is 5.